The highest BCUT2D eigenvalue weighted by molar-refractivity contribution is 7.98. The van der Waals surface area contributed by atoms with Gasteiger partial charge in [-0.2, -0.15) is 0 Å². The summed E-state index contributed by atoms with van der Waals surface area (Å²) in [5, 5.41) is 17.0. The maximum Gasteiger partial charge on any atom is 0.277 e. The topological polar surface area (TPSA) is 87.1 Å². The van der Waals surface area contributed by atoms with E-state index < -0.39 is 0 Å². The second-order valence-corrected chi connectivity index (χ2v) is 6.21. The minimum atomic E-state index is 0.342. The van der Waals surface area contributed by atoms with Crippen molar-refractivity contribution >= 4 is 23.4 Å². The van der Waals surface area contributed by atoms with E-state index in [0.717, 1.165) is 12.8 Å². The summed E-state index contributed by atoms with van der Waals surface area (Å²) in [6, 6.07) is 5.21. The molecule has 0 aliphatic carbocycles. The molecule has 0 bridgehead atoms. The van der Waals surface area contributed by atoms with Gasteiger partial charge in [0.25, 0.3) is 11.1 Å². The summed E-state index contributed by atoms with van der Waals surface area (Å²) in [4.78, 5) is 0. The number of rotatable bonds is 7. The number of aryl methyl sites for hydroxylation is 1. The zero-order valence-corrected chi connectivity index (χ0v) is 14.7. The molecule has 3 aromatic rings. The lowest BCUT2D eigenvalue weighted by Crippen LogP contribution is -1.87. The fourth-order valence-electron chi connectivity index (χ4n) is 2.01. The van der Waals surface area contributed by atoms with E-state index in [1.165, 1.54) is 11.8 Å². The molecule has 0 radical (unpaired) electrons. The first-order valence-electron chi connectivity index (χ1n) is 7.31. The highest BCUT2D eigenvalue weighted by atomic mass is 35.5. The van der Waals surface area contributed by atoms with Gasteiger partial charge in [-0.3, -0.25) is 0 Å². The maximum atomic E-state index is 6.02. The summed E-state index contributed by atoms with van der Waals surface area (Å²) in [6.45, 7) is 2.06. The van der Waals surface area contributed by atoms with Crippen LogP contribution < -0.4 is 4.74 Å². The van der Waals surface area contributed by atoms with Gasteiger partial charge in [0.2, 0.25) is 11.8 Å². The second kappa shape index (κ2) is 7.67. The molecule has 0 spiro atoms. The van der Waals surface area contributed by atoms with Crippen molar-refractivity contribution in [1.82, 2.24) is 20.4 Å². The zero-order valence-electron chi connectivity index (χ0n) is 13.2. The molecule has 126 valence electrons. The number of hydrogen-bond acceptors (Lipinski definition) is 8. The third-order valence-electron chi connectivity index (χ3n) is 3.09. The van der Waals surface area contributed by atoms with Crippen molar-refractivity contribution in [2.24, 2.45) is 0 Å². The normalized spacial score (nSPS) is 11.0. The molecule has 24 heavy (non-hydrogen) atoms. The Bertz CT molecular complexity index is 821. The zero-order chi connectivity index (χ0) is 16.9. The van der Waals surface area contributed by atoms with Crippen LogP contribution >= 0.6 is 23.4 Å². The van der Waals surface area contributed by atoms with Gasteiger partial charge in [0.1, 0.15) is 5.75 Å². The van der Waals surface area contributed by atoms with Crippen LogP contribution in [0.3, 0.4) is 0 Å². The molecule has 0 atom stereocenters. The summed E-state index contributed by atoms with van der Waals surface area (Å²) in [5.74, 6) is 2.59. The molecule has 0 saturated heterocycles. The number of nitrogens with zero attached hydrogens (tertiary/aromatic N) is 4. The number of ether oxygens (including phenoxy) is 1. The van der Waals surface area contributed by atoms with Crippen LogP contribution in [0.1, 0.15) is 25.1 Å². The van der Waals surface area contributed by atoms with Gasteiger partial charge < -0.3 is 13.6 Å². The van der Waals surface area contributed by atoms with Gasteiger partial charge in [0, 0.05) is 11.4 Å². The molecule has 0 N–H and O–H groups in total. The van der Waals surface area contributed by atoms with Crippen molar-refractivity contribution in [3.05, 3.63) is 35.0 Å². The van der Waals surface area contributed by atoms with Crippen LogP contribution in [-0.2, 0) is 12.2 Å². The van der Waals surface area contributed by atoms with Crippen molar-refractivity contribution in [3.8, 4) is 17.2 Å². The van der Waals surface area contributed by atoms with E-state index in [-0.39, 0.29) is 0 Å². The molecule has 0 unspecified atom stereocenters. The van der Waals surface area contributed by atoms with Gasteiger partial charge >= 0.3 is 0 Å². The summed E-state index contributed by atoms with van der Waals surface area (Å²) < 4.78 is 16.5. The van der Waals surface area contributed by atoms with E-state index in [9.17, 15) is 0 Å². The molecule has 0 saturated carbocycles. The molecule has 0 amide bonds. The summed E-state index contributed by atoms with van der Waals surface area (Å²) in [7, 11) is 1.57. The number of benzene rings is 1. The van der Waals surface area contributed by atoms with Gasteiger partial charge in [0.15, 0.2) is 0 Å². The molecule has 0 fully saturated rings. The van der Waals surface area contributed by atoms with Gasteiger partial charge in [-0.25, -0.2) is 0 Å². The van der Waals surface area contributed by atoms with Gasteiger partial charge in [0.05, 0.1) is 18.4 Å². The van der Waals surface area contributed by atoms with Gasteiger partial charge in [-0.05, 0) is 24.6 Å². The van der Waals surface area contributed by atoms with Crippen LogP contribution in [0.15, 0.2) is 32.3 Å². The van der Waals surface area contributed by atoms with E-state index in [1.54, 1.807) is 25.3 Å². The summed E-state index contributed by atoms with van der Waals surface area (Å²) in [6.07, 6.45) is 1.74. The van der Waals surface area contributed by atoms with E-state index in [2.05, 4.69) is 27.3 Å². The first-order chi connectivity index (χ1) is 11.7. The minimum Gasteiger partial charge on any atom is -0.496 e. The highest BCUT2D eigenvalue weighted by Gasteiger charge is 2.15. The monoisotopic (exact) mass is 366 g/mol. The first-order valence-corrected chi connectivity index (χ1v) is 8.67. The predicted molar refractivity (Wildman–Crippen MR) is 89.2 cm³/mol. The smallest absolute Gasteiger partial charge is 0.277 e. The van der Waals surface area contributed by atoms with Crippen LogP contribution in [0.25, 0.3) is 11.5 Å². The molecular formula is C15H15ClN4O3S. The van der Waals surface area contributed by atoms with Gasteiger partial charge in [-0.1, -0.05) is 30.3 Å². The number of methoxy groups -OCH3 is 1. The van der Waals surface area contributed by atoms with Gasteiger partial charge in [-0.15, -0.1) is 20.4 Å². The molecule has 0 aliphatic heterocycles. The lowest BCUT2D eigenvalue weighted by Gasteiger charge is -2.04. The standard InChI is InChI=1S/C15H15ClN4O3S/c1-3-4-12-17-18-13(22-12)8-24-15-20-19-14(23-15)10-7-9(16)5-6-11(10)21-2/h5-7H,3-4,8H2,1-2H3. The van der Waals surface area contributed by atoms with E-state index in [0.29, 0.717) is 45.0 Å². The van der Waals surface area contributed by atoms with E-state index in [1.807, 2.05) is 0 Å². The largest absolute Gasteiger partial charge is 0.496 e. The Morgan fingerprint density at radius 2 is 1.96 bits per heavy atom. The third kappa shape index (κ3) is 3.88. The minimum absolute atomic E-state index is 0.342. The molecule has 2 heterocycles. The Hall–Kier alpha value is -2.06. The summed E-state index contributed by atoms with van der Waals surface area (Å²) >= 11 is 7.35. The number of aromatic nitrogens is 4. The molecule has 3 rings (SSSR count). The third-order valence-corrected chi connectivity index (χ3v) is 4.13. The number of thioether (sulfide) groups is 1. The molecule has 9 heteroatoms. The van der Waals surface area contributed by atoms with Crippen LogP contribution in [0.4, 0.5) is 0 Å². The van der Waals surface area contributed by atoms with Crippen molar-refractivity contribution < 1.29 is 13.6 Å². The molecule has 7 nitrogen and oxygen atoms in total. The Morgan fingerprint density at radius 3 is 2.75 bits per heavy atom. The lowest BCUT2D eigenvalue weighted by atomic mass is 10.2. The predicted octanol–water partition coefficient (Wildman–Crippen LogP) is 4.03. The number of hydrogen-bond donors (Lipinski definition) is 0. The Balaban J connectivity index is 1.70. The van der Waals surface area contributed by atoms with Crippen LogP contribution in [-0.4, -0.2) is 27.5 Å². The summed E-state index contributed by atoms with van der Waals surface area (Å²) in [5.41, 5.74) is 0.646. The van der Waals surface area contributed by atoms with E-state index >= 15 is 0 Å². The quantitative estimate of drug-likeness (QED) is 0.579. The number of halogens is 1. The fraction of sp³-hybridized carbons (Fsp3) is 0.333. The van der Waals surface area contributed by atoms with Crippen LogP contribution in [0, 0.1) is 0 Å². The SMILES string of the molecule is CCCc1nnc(CSc2nnc(-c3cc(Cl)ccc3OC)o2)o1. The molecule has 0 aliphatic rings. The Kier molecular flexibility index (Phi) is 5.37. The Morgan fingerprint density at radius 1 is 1.12 bits per heavy atom. The fourth-order valence-corrected chi connectivity index (χ4v) is 2.78. The second-order valence-electron chi connectivity index (χ2n) is 4.85. The van der Waals surface area contributed by atoms with Crippen molar-refractivity contribution in [1.29, 1.82) is 0 Å². The first kappa shape index (κ1) is 16.8. The van der Waals surface area contributed by atoms with Crippen LogP contribution in [0.2, 0.25) is 5.02 Å². The molecule has 2 aromatic heterocycles. The molecule has 1 aromatic carbocycles. The van der Waals surface area contributed by atoms with Crippen molar-refractivity contribution in [2.45, 2.75) is 30.7 Å². The average Bonchev–Trinajstić information content (AvgIpc) is 3.22. The maximum absolute atomic E-state index is 6.02. The molecular weight excluding hydrogens is 352 g/mol. The Labute approximate surface area is 147 Å². The van der Waals surface area contributed by atoms with Crippen LogP contribution in [0.5, 0.6) is 5.75 Å². The highest BCUT2D eigenvalue weighted by Crippen LogP contribution is 2.33. The average molecular weight is 367 g/mol. The van der Waals surface area contributed by atoms with Crippen molar-refractivity contribution in [2.75, 3.05) is 7.11 Å². The lowest BCUT2D eigenvalue weighted by molar-refractivity contribution is 0.411. The van der Waals surface area contributed by atoms with E-state index in [4.69, 9.17) is 25.2 Å². The van der Waals surface area contributed by atoms with Crippen molar-refractivity contribution in [3.63, 3.8) is 0 Å².